The highest BCUT2D eigenvalue weighted by Gasteiger charge is 2.34. The fourth-order valence-electron chi connectivity index (χ4n) is 7.73. The number of aromatic amines is 1. The average Bonchev–Trinajstić information content (AvgIpc) is 3.84. The van der Waals surface area contributed by atoms with Crippen molar-refractivity contribution in [2.75, 3.05) is 6.61 Å². The minimum atomic E-state index is -1.36. The summed E-state index contributed by atoms with van der Waals surface area (Å²) in [6.07, 6.45) is 2.75. The van der Waals surface area contributed by atoms with Crippen LogP contribution in [0, 0.1) is 5.92 Å². The van der Waals surface area contributed by atoms with Crippen LogP contribution in [0.3, 0.4) is 0 Å². The number of hydrogen-bond acceptors (Lipinski definition) is 10. The summed E-state index contributed by atoms with van der Waals surface area (Å²) in [5.74, 6) is -3.67. The lowest BCUT2D eigenvalue weighted by Gasteiger charge is -2.28. The third-order valence-electron chi connectivity index (χ3n) is 11.0. The number of ether oxygens (including phenoxy) is 3. The third-order valence-corrected chi connectivity index (χ3v) is 11.0. The van der Waals surface area contributed by atoms with E-state index in [1.165, 1.54) is 4.57 Å². The van der Waals surface area contributed by atoms with Gasteiger partial charge in [-0.25, -0.2) is 9.59 Å². The first-order valence-corrected chi connectivity index (χ1v) is 23.7. The lowest BCUT2D eigenvalue weighted by atomic mass is 10.00. The van der Waals surface area contributed by atoms with Gasteiger partial charge in [0, 0.05) is 41.5 Å². The molecule has 378 valence electrons. The number of rotatable bonds is 20. The number of carboxylic acids is 1. The summed E-state index contributed by atoms with van der Waals surface area (Å²) >= 11 is 0. The van der Waals surface area contributed by atoms with E-state index in [1.54, 1.807) is 96.4 Å². The Labute approximate surface area is 409 Å². The van der Waals surface area contributed by atoms with Crippen LogP contribution in [0.5, 0.6) is 5.75 Å². The molecule has 2 heterocycles. The van der Waals surface area contributed by atoms with E-state index in [2.05, 4.69) is 26.3 Å². The quantitative estimate of drug-likeness (QED) is 0.0455. The van der Waals surface area contributed by atoms with Gasteiger partial charge in [-0.2, -0.15) is 0 Å². The number of nitrogens with two attached hydrogens (primary N) is 1. The zero-order valence-corrected chi connectivity index (χ0v) is 42.2. The highest BCUT2D eigenvalue weighted by Crippen LogP contribution is 2.25. The number of aromatic nitrogens is 2. The average molecular weight is 966 g/mol. The lowest BCUT2D eigenvalue weighted by molar-refractivity contribution is -0.142. The van der Waals surface area contributed by atoms with Gasteiger partial charge < -0.3 is 51.3 Å². The monoisotopic (exact) mass is 966 g/mol. The van der Waals surface area contributed by atoms with Crippen LogP contribution < -0.4 is 31.7 Å². The summed E-state index contributed by atoms with van der Waals surface area (Å²) in [5, 5.41) is 22.6. The molecule has 5 rings (SSSR count). The van der Waals surface area contributed by atoms with Crippen LogP contribution in [0.15, 0.2) is 85.2 Å². The lowest BCUT2D eigenvalue weighted by Crippen LogP contribution is -2.60. The van der Waals surface area contributed by atoms with E-state index in [9.17, 15) is 33.9 Å². The van der Waals surface area contributed by atoms with Crippen molar-refractivity contribution in [1.82, 2.24) is 30.8 Å². The van der Waals surface area contributed by atoms with Crippen molar-refractivity contribution in [2.24, 2.45) is 11.7 Å². The van der Waals surface area contributed by atoms with Gasteiger partial charge in [-0.05, 0) is 122 Å². The first-order chi connectivity index (χ1) is 32.7. The summed E-state index contributed by atoms with van der Waals surface area (Å²) in [5.41, 5.74) is 7.82. The van der Waals surface area contributed by atoms with Gasteiger partial charge in [0.1, 0.15) is 41.1 Å². The largest absolute Gasteiger partial charge is 0.488 e. The number of H-pyrrole nitrogens is 1. The molecule has 0 fully saturated rings. The SMILES string of the molecule is CC(C)C[C@H](NC(=O)[C@@H](Cc1c[nH]c2ccccc12)NC(=O)[C@H](Cc1ccc(OC(C)(C)C)cc1)NC(=O)[C@H](COC(C)(C)C)NC(=O)[C@@H](N)Cc1cn(C(=O)OC(C)(C)C)c2ccccc12)C(=O)O. The van der Waals surface area contributed by atoms with E-state index in [0.29, 0.717) is 33.3 Å². The number of aliphatic carboxylic acids is 1. The number of para-hydroxylation sites is 2. The van der Waals surface area contributed by atoms with E-state index in [0.717, 1.165) is 10.9 Å². The van der Waals surface area contributed by atoms with Crippen molar-refractivity contribution in [2.45, 2.75) is 149 Å². The summed E-state index contributed by atoms with van der Waals surface area (Å²) in [6.45, 7) is 19.8. The molecule has 4 amide bonds. The second-order valence-corrected chi connectivity index (χ2v) is 21.1. The standard InChI is InChI=1S/C53H71N7O10/c1-31(2)24-42(49(65)66)58-47(63)41(27-33-28-55-39-18-14-12-16-36(33)39)57-46(62)40(25-32-20-22-35(23-21-32)69-52(6,7)8)56-48(64)43(30-68-51(3,4)5)59-45(61)38(54)26-34-29-60(50(67)70-53(9,10)11)44-19-15-13-17-37(34)44/h12-23,28-29,31,38,40-43,55H,24-27,30,54H2,1-11H3,(H,56,64)(H,57,62)(H,58,63)(H,59,61)(H,65,66)/t38-,40-,41+,42-,43-/m0/s1. The Hall–Kier alpha value is -6.72. The van der Waals surface area contributed by atoms with Gasteiger partial charge in [-0.3, -0.25) is 23.7 Å². The van der Waals surface area contributed by atoms with Crippen LogP contribution in [0.2, 0.25) is 0 Å². The number of carbonyl (C=O) groups is 6. The van der Waals surface area contributed by atoms with E-state index in [-0.39, 0.29) is 38.2 Å². The molecule has 0 aliphatic heterocycles. The Morgan fingerprint density at radius 2 is 1.20 bits per heavy atom. The molecule has 70 heavy (non-hydrogen) atoms. The van der Waals surface area contributed by atoms with Gasteiger partial charge in [0.2, 0.25) is 23.6 Å². The zero-order chi connectivity index (χ0) is 51.7. The molecule has 8 N–H and O–H groups in total. The Morgan fingerprint density at radius 3 is 1.79 bits per heavy atom. The van der Waals surface area contributed by atoms with Crippen LogP contribution >= 0.6 is 0 Å². The van der Waals surface area contributed by atoms with Crippen molar-refractivity contribution < 1.29 is 48.1 Å². The van der Waals surface area contributed by atoms with E-state index >= 15 is 0 Å². The van der Waals surface area contributed by atoms with Crippen molar-refractivity contribution in [3.8, 4) is 5.75 Å². The maximum Gasteiger partial charge on any atom is 0.419 e. The van der Waals surface area contributed by atoms with Gasteiger partial charge in [0.25, 0.3) is 0 Å². The molecule has 17 nitrogen and oxygen atoms in total. The van der Waals surface area contributed by atoms with Crippen LogP contribution in [0.25, 0.3) is 21.8 Å². The Bertz CT molecular complexity index is 2630. The number of hydrogen-bond donors (Lipinski definition) is 7. The first-order valence-electron chi connectivity index (χ1n) is 23.7. The molecule has 5 aromatic rings. The first kappa shape index (κ1) is 54.2. The van der Waals surface area contributed by atoms with Crippen LogP contribution in [-0.4, -0.2) is 104 Å². The van der Waals surface area contributed by atoms with Gasteiger partial charge in [0.15, 0.2) is 0 Å². The molecule has 0 spiro atoms. The van der Waals surface area contributed by atoms with Crippen molar-refractivity contribution in [3.63, 3.8) is 0 Å². The number of fused-ring (bicyclic) bond motifs is 2. The maximum absolute atomic E-state index is 14.7. The fraction of sp³-hybridized carbons (Fsp3) is 0.472. The molecule has 0 saturated heterocycles. The number of carbonyl (C=O) groups excluding carboxylic acids is 5. The molecular weight excluding hydrogens is 895 g/mol. The second-order valence-electron chi connectivity index (χ2n) is 21.1. The van der Waals surface area contributed by atoms with E-state index < -0.39 is 82.7 Å². The minimum absolute atomic E-state index is 0.0175. The molecule has 17 heteroatoms. The summed E-state index contributed by atoms with van der Waals surface area (Å²) in [4.78, 5) is 86.1. The topological polar surface area (TPSA) is 245 Å². The zero-order valence-electron chi connectivity index (χ0n) is 42.2. The smallest absolute Gasteiger partial charge is 0.419 e. The second kappa shape index (κ2) is 22.8. The number of nitrogens with zero attached hydrogens (tertiary/aromatic N) is 1. The molecule has 3 aromatic carbocycles. The summed E-state index contributed by atoms with van der Waals surface area (Å²) < 4.78 is 19.0. The van der Waals surface area contributed by atoms with E-state index in [1.807, 2.05) is 65.0 Å². The van der Waals surface area contributed by atoms with Crippen LogP contribution in [0.4, 0.5) is 4.79 Å². The molecule has 0 aliphatic rings. The normalized spacial score (nSPS) is 14.3. The predicted molar refractivity (Wildman–Crippen MR) is 268 cm³/mol. The molecule has 0 unspecified atom stereocenters. The van der Waals surface area contributed by atoms with Gasteiger partial charge in [-0.1, -0.05) is 62.4 Å². The molecule has 0 aliphatic carbocycles. The highest BCUT2D eigenvalue weighted by molar-refractivity contribution is 5.97. The van der Waals surface area contributed by atoms with Crippen molar-refractivity contribution in [3.05, 3.63) is 102 Å². The van der Waals surface area contributed by atoms with Gasteiger partial charge >= 0.3 is 12.1 Å². The summed E-state index contributed by atoms with van der Waals surface area (Å²) in [7, 11) is 0. The highest BCUT2D eigenvalue weighted by atomic mass is 16.6. The molecule has 2 aromatic heterocycles. The van der Waals surface area contributed by atoms with Crippen molar-refractivity contribution >= 4 is 57.5 Å². The molecule has 5 atom stereocenters. The van der Waals surface area contributed by atoms with Gasteiger partial charge in [0.05, 0.1) is 23.8 Å². The molecular formula is C53H71N7O10. The number of amides is 4. The Kier molecular flexibility index (Phi) is 17.7. The van der Waals surface area contributed by atoms with E-state index in [4.69, 9.17) is 19.9 Å². The molecule has 0 bridgehead atoms. The fourth-order valence-corrected chi connectivity index (χ4v) is 7.73. The maximum atomic E-state index is 14.7. The minimum Gasteiger partial charge on any atom is -0.488 e. The van der Waals surface area contributed by atoms with Crippen molar-refractivity contribution in [1.29, 1.82) is 0 Å². The predicted octanol–water partition coefficient (Wildman–Crippen LogP) is 6.32. The number of benzene rings is 3. The molecule has 0 saturated carbocycles. The van der Waals surface area contributed by atoms with Crippen LogP contribution in [-0.2, 0) is 52.7 Å². The Morgan fingerprint density at radius 1 is 0.643 bits per heavy atom. The van der Waals surface area contributed by atoms with Crippen LogP contribution in [0.1, 0.15) is 99.3 Å². The van der Waals surface area contributed by atoms with Gasteiger partial charge in [-0.15, -0.1) is 0 Å². The third kappa shape index (κ3) is 15.9. The summed E-state index contributed by atoms with van der Waals surface area (Å²) in [6, 6.07) is 15.2. The molecule has 0 radical (unpaired) electrons. The Balaban J connectivity index is 1.45. The number of carboxylic acid groups (broad SMARTS) is 1. The number of nitrogens with one attached hydrogen (secondary N) is 5.